The Morgan fingerprint density at radius 3 is 1.46 bits per heavy atom. The molecule has 9 aromatic rings. The second kappa shape index (κ2) is 37.9. The van der Waals surface area contributed by atoms with Crippen molar-refractivity contribution in [3.8, 4) is 0 Å². The molecule has 0 radical (unpaired) electrons. The fourth-order valence-electron chi connectivity index (χ4n) is 12.1. The molecule has 598 valence electrons. The lowest BCUT2D eigenvalue weighted by molar-refractivity contribution is -0.140. The minimum absolute atomic E-state index is 0.00244. The molecule has 0 bridgehead atoms. The molecule has 0 fully saturated rings. The Balaban J connectivity index is 0.982. The van der Waals surface area contributed by atoms with Gasteiger partial charge in [0.05, 0.1) is 77.7 Å². The highest BCUT2D eigenvalue weighted by molar-refractivity contribution is 6.16. The average molecular weight is 1570 g/mol. The lowest BCUT2D eigenvalue weighted by Gasteiger charge is -2.28. The van der Waals surface area contributed by atoms with Crippen LogP contribution in [0.2, 0.25) is 0 Å². The van der Waals surface area contributed by atoms with E-state index in [1.54, 1.807) is 48.5 Å². The largest absolute Gasteiger partial charge is 0.370 e. The van der Waals surface area contributed by atoms with Gasteiger partial charge in [0.1, 0.15) is 36.3 Å². The van der Waals surface area contributed by atoms with Gasteiger partial charge in [-0.2, -0.15) is 0 Å². The zero-order chi connectivity index (χ0) is 82.6. The van der Waals surface area contributed by atoms with E-state index in [1.807, 2.05) is 9.97 Å². The highest BCUT2D eigenvalue weighted by atomic mass is 16.2. The maximum atomic E-state index is 15.3. The molecular formula is C71H81N25O18. The summed E-state index contributed by atoms with van der Waals surface area (Å²) in [6, 6.07) is 14.6. The van der Waals surface area contributed by atoms with Crippen LogP contribution in [0.25, 0.3) is 43.6 Å². The monoisotopic (exact) mass is 1570 g/mol. The van der Waals surface area contributed by atoms with Crippen molar-refractivity contribution in [1.82, 2.24) is 101 Å². The van der Waals surface area contributed by atoms with E-state index in [0.29, 0.717) is 41.4 Å². The highest BCUT2D eigenvalue weighted by Gasteiger charge is 2.36. The van der Waals surface area contributed by atoms with Gasteiger partial charge in [-0.05, 0) is 69.0 Å². The third-order valence-electron chi connectivity index (χ3n) is 17.8. The third-order valence-corrected chi connectivity index (χ3v) is 17.8. The van der Waals surface area contributed by atoms with Crippen molar-refractivity contribution < 1.29 is 47.9 Å². The lowest BCUT2D eigenvalue weighted by Crippen LogP contribution is -2.62. The number of nitrogens with zero attached hydrogens (tertiary/aromatic N) is 6. The van der Waals surface area contributed by atoms with Crippen LogP contribution in [0.5, 0.6) is 0 Å². The highest BCUT2D eigenvalue weighted by Crippen LogP contribution is 2.26. The van der Waals surface area contributed by atoms with Crippen LogP contribution in [-0.2, 0) is 69.3 Å². The van der Waals surface area contributed by atoms with E-state index >= 15 is 9.59 Å². The van der Waals surface area contributed by atoms with Gasteiger partial charge >= 0.3 is 22.8 Å². The van der Waals surface area contributed by atoms with E-state index in [2.05, 4.69) is 68.1 Å². The summed E-state index contributed by atoms with van der Waals surface area (Å²) in [5.74, 6) is -11.9. The second-order valence-electron chi connectivity index (χ2n) is 26.1. The molecule has 0 aliphatic rings. The summed E-state index contributed by atoms with van der Waals surface area (Å²) in [6.45, 7) is -4.70. The first-order valence-electron chi connectivity index (χ1n) is 35.2. The van der Waals surface area contributed by atoms with Crippen LogP contribution >= 0.6 is 0 Å². The van der Waals surface area contributed by atoms with Crippen LogP contribution in [0.1, 0.15) is 48.0 Å². The van der Waals surface area contributed by atoms with Crippen LogP contribution in [0, 0.1) is 17.7 Å². The zero-order valence-corrected chi connectivity index (χ0v) is 61.1. The molecule has 0 aliphatic carbocycles. The molecular weight excluding hydrogens is 1490 g/mol. The number of nitrogens with two attached hydrogens (primary N) is 3. The first-order chi connectivity index (χ1) is 54.3. The molecule has 5 aromatic heterocycles. The number of aromatic nitrogens is 9. The van der Waals surface area contributed by atoms with Crippen LogP contribution < -0.4 is 115 Å². The molecule has 0 aliphatic heterocycles. The van der Waals surface area contributed by atoms with Crippen molar-refractivity contribution in [3.63, 3.8) is 0 Å². The van der Waals surface area contributed by atoms with E-state index < -0.39 is 192 Å². The summed E-state index contributed by atoms with van der Waals surface area (Å²) in [4.78, 5) is 264. The van der Waals surface area contributed by atoms with Gasteiger partial charge in [-0.1, -0.05) is 60.7 Å². The summed E-state index contributed by atoms with van der Waals surface area (Å²) < 4.78 is 2.54. The van der Waals surface area contributed by atoms with Gasteiger partial charge in [-0.3, -0.25) is 106 Å². The number of amides is 10. The molecule has 9 rings (SSSR count). The average Bonchev–Trinajstić information content (AvgIpc) is 0.768. The smallest absolute Gasteiger partial charge is 0.328 e. The van der Waals surface area contributed by atoms with E-state index in [-0.39, 0.29) is 79.1 Å². The quantitative estimate of drug-likeness (QED) is 0.00751. The number of para-hydroxylation sites is 4. The topological polar surface area (TPSA) is 652 Å². The maximum Gasteiger partial charge on any atom is 0.328 e. The maximum absolute atomic E-state index is 15.3. The second-order valence-corrected chi connectivity index (χ2v) is 26.1. The van der Waals surface area contributed by atoms with Crippen LogP contribution in [0.3, 0.4) is 0 Å². The van der Waals surface area contributed by atoms with Crippen molar-refractivity contribution >= 4 is 115 Å². The minimum atomic E-state index is -2.27. The number of benzene rings is 4. The summed E-state index contributed by atoms with van der Waals surface area (Å²) in [5.41, 5.74) is 9.61. The Hall–Kier alpha value is -15.0. The Bertz CT molecular complexity index is 5730. The first kappa shape index (κ1) is 83.1. The Kier molecular flexibility index (Phi) is 27.6. The Morgan fingerprint density at radius 1 is 0.474 bits per heavy atom. The number of rotatable bonds is 36. The molecule has 10 amide bonds. The molecule has 0 unspecified atom stereocenters. The number of aryl methyl sites for hydroxylation is 1. The number of fused-ring (bicyclic) bond motifs is 4. The third kappa shape index (κ3) is 21.7. The fourth-order valence-corrected chi connectivity index (χ4v) is 12.1. The number of aromatic amines is 4. The predicted molar refractivity (Wildman–Crippen MR) is 411 cm³/mol. The molecule has 0 saturated carbocycles. The molecule has 22 N–H and O–H groups in total. The van der Waals surface area contributed by atoms with Crippen LogP contribution in [-0.4, -0.2) is 195 Å². The van der Waals surface area contributed by atoms with Crippen molar-refractivity contribution in [1.29, 1.82) is 10.8 Å². The molecule has 4 aromatic carbocycles. The fraction of sp³-hybridized carbons (Fsp3) is 0.310. The lowest BCUT2D eigenvalue weighted by atomic mass is 10.0. The van der Waals surface area contributed by atoms with Gasteiger partial charge in [0.15, 0.2) is 11.9 Å². The summed E-state index contributed by atoms with van der Waals surface area (Å²) >= 11 is 0. The van der Waals surface area contributed by atoms with E-state index in [1.165, 1.54) is 55.5 Å². The SMILES string of the molecule is Cc1cn(C[C@@H](NC(=O)[C@@H](Cn2c(=O)[nH]c3ccccc3c2=O)NC(=O)[C@@H](Cn2c(=O)[nH]c3ccccc3c2=O)NC(=O)CN(C)C(=O)[C@@H](Cn2ccc(=O)[nH]c2=O)NC(=O)[C@H](CCCNC(=N)N)NC(=O)CNC(=O)CCNC(=O)c2c3ccccc3nc3ccccc23)C(=O)N[C@@H](CCCNC(=N)N)C(N)=O)c(=O)[nH]c1=O. The standard InChI is InChI=1S/C71H81N25O18/c1-36-30-94(69(112)91-57(36)102)31-47(59(104)84-45(56(72)101)21-11-25-78-66(73)74)85-61(106)49(34-96-64(109)40-16-6-10-20-44(40)89-71(96)114)86-60(105)48(33-95-63(108)39-15-5-9-19-43(39)88-70(95)113)83-54(100)35-92(2)65(110)50(32-93-28-24-52(98)90-68(93)111)87-58(103)46(22-12-26-79-67(75)76)82-53(99)29-80-51(97)23-27-77-62(107)55-37-13-3-7-17-41(37)81-42-18-8-4-14-38(42)55/h3-10,13-20,24,28,30,45-50H,11-12,21-23,25-27,29,31-35H2,1-2H3,(H2,72,101)(H,77,107)(H,80,97)(H,82,99)(H,83,100)(H,84,104)(H,85,106)(H,86,105)(H,87,103)(H,88,113)(H,89,114)(H4,73,74,78)(H4,75,76,79)(H,90,98,111)(H,91,102,112)/t45-,46-,47+,48+,49+,50+/m0/s1. The zero-order valence-electron chi connectivity index (χ0n) is 61.1. The van der Waals surface area contributed by atoms with Crippen LogP contribution in [0.4, 0.5) is 0 Å². The van der Waals surface area contributed by atoms with E-state index in [4.69, 9.17) is 28.0 Å². The number of nitrogens with one attached hydrogen (secondary N) is 16. The molecule has 43 nitrogen and oxygen atoms in total. The number of H-pyrrole nitrogens is 4. The van der Waals surface area contributed by atoms with E-state index in [0.717, 1.165) is 34.6 Å². The van der Waals surface area contributed by atoms with Crippen molar-refractivity contribution in [2.45, 2.75) is 101 Å². The first-order valence-corrected chi connectivity index (χ1v) is 35.2. The number of hydrogen-bond donors (Lipinski definition) is 19. The molecule has 0 spiro atoms. The summed E-state index contributed by atoms with van der Waals surface area (Å²) in [6.07, 6.45) is 1.27. The number of carbonyl (C=O) groups is 10. The van der Waals surface area contributed by atoms with Crippen molar-refractivity contribution in [3.05, 3.63) is 210 Å². The number of primary amides is 1. The Morgan fingerprint density at radius 2 is 0.930 bits per heavy atom. The van der Waals surface area contributed by atoms with Gasteiger partial charge in [0.2, 0.25) is 53.2 Å². The predicted octanol–water partition coefficient (Wildman–Crippen LogP) is -7.18. The molecule has 5 heterocycles. The van der Waals surface area contributed by atoms with Crippen molar-refractivity contribution in [2.75, 3.05) is 39.8 Å². The number of likely N-dealkylation sites (N-methyl/N-ethyl adjacent to an activating group) is 1. The van der Waals surface area contributed by atoms with E-state index in [9.17, 15) is 76.7 Å². The van der Waals surface area contributed by atoms with Gasteiger partial charge in [-0.15, -0.1) is 0 Å². The number of carbonyl (C=O) groups excluding carboxylic acids is 10. The minimum Gasteiger partial charge on any atom is -0.370 e. The van der Waals surface area contributed by atoms with Gasteiger partial charge in [0.25, 0.3) is 28.1 Å². The Labute approximate surface area is 640 Å². The molecule has 43 heteroatoms. The normalized spacial score (nSPS) is 12.7. The van der Waals surface area contributed by atoms with Crippen molar-refractivity contribution in [2.24, 2.45) is 17.2 Å². The van der Waals surface area contributed by atoms with Crippen LogP contribution in [0.15, 0.2) is 154 Å². The van der Waals surface area contributed by atoms with Gasteiger partial charge in [-0.25, -0.2) is 24.2 Å². The molecule has 6 atom stereocenters. The number of pyridine rings is 1. The summed E-state index contributed by atoms with van der Waals surface area (Å²) in [7, 11) is 1.01. The number of hydrogen-bond acceptors (Lipinski definition) is 21. The molecule has 114 heavy (non-hydrogen) atoms. The molecule has 0 saturated heterocycles. The van der Waals surface area contributed by atoms with Gasteiger partial charge in [0, 0.05) is 67.9 Å². The number of guanidine groups is 2. The van der Waals surface area contributed by atoms with Gasteiger partial charge < -0.3 is 85.2 Å². The summed E-state index contributed by atoms with van der Waals surface area (Å²) in [5, 5.41) is 40.4.